The lowest BCUT2D eigenvalue weighted by Crippen LogP contribution is -2.01. The molecule has 0 amide bonds. The molecule has 4 nitrogen and oxygen atoms in total. The van der Waals surface area contributed by atoms with E-state index in [-0.39, 0.29) is 5.56 Å². The van der Waals surface area contributed by atoms with Gasteiger partial charge in [0, 0.05) is 10.6 Å². The molecule has 0 aliphatic carbocycles. The number of aromatic carboxylic acids is 1. The summed E-state index contributed by atoms with van der Waals surface area (Å²) in [5, 5.41) is 9.88. The molecule has 0 saturated heterocycles. The van der Waals surface area contributed by atoms with Crippen molar-refractivity contribution < 1.29 is 14.6 Å². The summed E-state index contributed by atoms with van der Waals surface area (Å²) in [6, 6.07) is 10.9. The number of ether oxygens (including phenoxy) is 1. The Bertz CT molecular complexity index is 626. The molecule has 1 aromatic carbocycles. The molecule has 2 rings (SSSR count). The number of carboxylic acids is 1. The van der Waals surface area contributed by atoms with Gasteiger partial charge in [-0.15, -0.1) is 0 Å². The first-order chi connectivity index (χ1) is 10.1. The summed E-state index contributed by atoms with van der Waals surface area (Å²) in [7, 11) is 1.62. The Labute approximate surface area is 128 Å². The van der Waals surface area contributed by atoms with Crippen LogP contribution in [0.2, 0.25) is 0 Å². The maximum absolute atomic E-state index is 11.2. The number of pyridine rings is 1. The molecule has 0 unspecified atom stereocenters. The van der Waals surface area contributed by atoms with Crippen LogP contribution in [-0.4, -0.2) is 23.2 Å². The molecule has 0 spiro atoms. The molecule has 0 atom stereocenters. The van der Waals surface area contributed by atoms with Crippen molar-refractivity contribution in [3.05, 3.63) is 47.7 Å². The quantitative estimate of drug-likeness (QED) is 0.877. The number of hydrogen-bond acceptors (Lipinski definition) is 4. The van der Waals surface area contributed by atoms with Crippen molar-refractivity contribution in [2.45, 2.75) is 29.7 Å². The Kier molecular flexibility index (Phi) is 5.22. The Morgan fingerprint density at radius 1 is 1.29 bits per heavy atom. The van der Waals surface area contributed by atoms with E-state index in [2.05, 4.69) is 4.98 Å². The second-order valence-electron chi connectivity index (χ2n) is 4.52. The van der Waals surface area contributed by atoms with Crippen LogP contribution in [0.5, 0.6) is 5.75 Å². The van der Waals surface area contributed by atoms with Gasteiger partial charge in [-0.05, 0) is 42.8 Å². The first-order valence-corrected chi connectivity index (χ1v) is 7.50. The Morgan fingerprint density at radius 2 is 2.00 bits per heavy atom. The van der Waals surface area contributed by atoms with E-state index in [1.54, 1.807) is 19.2 Å². The highest BCUT2D eigenvalue weighted by Crippen LogP contribution is 2.28. The normalized spacial score (nSPS) is 10.4. The van der Waals surface area contributed by atoms with Gasteiger partial charge in [0.25, 0.3) is 0 Å². The molecule has 0 radical (unpaired) electrons. The summed E-state index contributed by atoms with van der Waals surface area (Å²) in [5.74, 6) is -0.135. The first kappa shape index (κ1) is 15.4. The van der Waals surface area contributed by atoms with Crippen molar-refractivity contribution in [2.24, 2.45) is 0 Å². The van der Waals surface area contributed by atoms with E-state index in [0.29, 0.717) is 5.03 Å². The smallest absolute Gasteiger partial charge is 0.335 e. The van der Waals surface area contributed by atoms with Gasteiger partial charge >= 0.3 is 5.97 Å². The summed E-state index contributed by atoms with van der Waals surface area (Å²) in [5.41, 5.74) is 1.10. The molecule has 1 N–H and O–H groups in total. The van der Waals surface area contributed by atoms with Gasteiger partial charge in [-0.1, -0.05) is 25.1 Å². The lowest BCUT2D eigenvalue weighted by molar-refractivity contribution is 0.0696. The summed E-state index contributed by atoms with van der Waals surface area (Å²) >= 11 is 1.45. The van der Waals surface area contributed by atoms with E-state index in [4.69, 9.17) is 4.74 Å². The summed E-state index contributed by atoms with van der Waals surface area (Å²) in [4.78, 5) is 16.7. The molecular weight excluding hydrogens is 286 g/mol. The zero-order valence-electron chi connectivity index (χ0n) is 12.0. The lowest BCUT2D eigenvalue weighted by atomic mass is 10.2. The minimum atomic E-state index is -0.925. The highest BCUT2D eigenvalue weighted by atomic mass is 32.2. The van der Waals surface area contributed by atoms with Crippen molar-refractivity contribution in [2.75, 3.05) is 7.11 Å². The van der Waals surface area contributed by atoms with Gasteiger partial charge in [-0.25, -0.2) is 9.78 Å². The van der Waals surface area contributed by atoms with E-state index in [1.807, 2.05) is 31.2 Å². The van der Waals surface area contributed by atoms with Crippen molar-refractivity contribution in [1.29, 1.82) is 0 Å². The molecule has 110 valence electrons. The van der Waals surface area contributed by atoms with E-state index in [1.165, 1.54) is 11.8 Å². The molecule has 0 aliphatic heterocycles. The summed E-state index contributed by atoms with van der Waals surface area (Å²) in [6.45, 7) is 2.05. The molecule has 0 saturated carbocycles. The second-order valence-corrected chi connectivity index (χ2v) is 5.61. The first-order valence-electron chi connectivity index (χ1n) is 6.68. The van der Waals surface area contributed by atoms with Crippen LogP contribution >= 0.6 is 11.8 Å². The van der Waals surface area contributed by atoms with E-state index in [0.717, 1.165) is 29.2 Å². The van der Waals surface area contributed by atoms with Crippen LogP contribution in [-0.2, 0) is 6.42 Å². The number of benzene rings is 1. The number of aromatic nitrogens is 1. The number of aryl methyl sites for hydroxylation is 1. The molecule has 2 aromatic rings. The van der Waals surface area contributed by atoms with Gasteiger partial charge in [0.1, 0.15) is 10.8 Å². The molecule has 1 heterocycles. The van der Waals surface area contributed by atoms with Crippen molar-refractivity contribution in [1.82, 2.24) is 4.98 Å². The highest BCUT2D eigenvalue weighted by molar-refractivity contribution is 7.99. The van der Waals surface area contributed by atoms with Crippen LogP contribution in [0, 0.1) is 0 Å². The van der Waals surface area contributed by atoms with Crippen LogP contribution < -0.4 is 4.74 Å². The second kappa shape index (κ2) is 7.13. The predicted octanol–water partition coefficient (Wildman–Crippen LogP) is 3.89. The Morgan fingerprint density at radius 3 is 2.57 bits per heavy atom. The predicted molar refractivity (Wildman–Crippen MR) is 82.3 cm³/mol. The van der Waals surface area contributed by atoms with Crippen molar-refractivity contribution >= 4 is 17.7 Å². The average Bonchev–Trinajstić information content (AvgIpc) is 2.48. The number of carbonyl (C=O) groups is 1. The standard InChI is InChI=1S/C16H17NO3S/c1-3-4-12-9-11(16(18)19)10-15(17-12)21-14-7-5-13(20-2)6-8-14/h5-10H,3-4H2,1-2H3,(H,18,19). The van der Waals surface area contributed by atoms with Crippen LogP contribution in [0.4, 0.5) is 0 Å². The van der Waals surface area contributed by atoms with Gasteiger partial charge in [0.05, 0.1) is 12.7 Å². The minimum Gasteiger partial charge on any atom is -0.497 e. The van der Waals surface area contributed by atoms with Crippen LogP contribution in [0.1, 0.15) is 29.4 Å². The topological polar surface area (TPSA) is 59.4 Å². The lowest BCUT2D eigenvalue weighted by Gasteiger charge is -2.07. The fourth-order valence-electron chi connectivity index (χ4n) is 1.88. The number of carboxylic acid groups (broad SMARTS) is 1. The summed E-state index contributed by atoms with van der Waals surface area (Å²) < 4.78 is 5.12. The van der Waals surface area contributed by atoms with Gasteiger partial charge in [-0.3, -0.25) is 0 Å². The summed E-state index contributed by atoms with van der Waals surface area (Å²) in [6.07, 6.45) is 1.71. The number of rotatable bonds is 6. The van der Waals surface area contributed by atoms with Crippen LogP contribution in [0.3, 0.4) is 0 Å². The molecule has 5 heteroatoms. The monoisotopic (exact) mass is 303 g/mol. The third kappa shape index (κ3) is 4.23. The third-order valence-corrected chi connectivity index (χ3v) is 3.82. The molecule has 0 fully saturated rings. The Balaban J connectivity index is 2.26. The van der Waals surface area contributed by atoms with Crippen LogP contribution in [0.15, 0.2) is 46.3 Å². The fraction of sp³-hybridized carbons (Fsp3) is 0.250. The van der Waals surface area contributed by atoms with Gasteiger partial charge in [0.15, 0.2) is 0 Å². The molecular formula is C16H17NO3S. The van der Waals surface area contributed by atoms with E-state index < -0.39 is 5.97 Å². The number of methoxy groups -OCH3 is 1. The average molecular weight is 303 g/mol. The maximum atomic E-state index is 11.2. The maximum Gasteiger partial charge on any atom is 0.335 e. The van der Waals surface area contributed by atoms with Gasteiger partial charge in [0.2, 0.25) is 0 Å². The molecule has 21 heavy (non-hydrogen) atoms. The zero-order valence-corrected chi connectivity index (χ0v) is 12.8. The molecule has 0 bridgehead atoms. The van der Waals surface area contributed by atoms with Crippen molar-refractivity contribution in [3.8, 4) is 5.75 Å². The fourth-order valence-corrected chi connectivity index (χ4v) is 2.75. The SMILES string of the molecule is CCCc1cc(C(=O)O)cc(Sc2ccc(OC)cc2)n1. The Hall–Kier alpha value is -2.01. The largest absolute Gasteiger partial charge is 0.497 e. The highest BCUT2D eigenvalue weighted by Gasteiger charge is 2.09. The van der Waals surface area contributed by atoms with Crippen molar-refractivity contribution in [3.63, 3.8) is 0 Å². The van der Waals surface area contributed by atoms with Gasteiger partial charge < -0.3 is 9.84 Å². The zero-order chi connectivity index (χ0) is 15.2. The number of nitrogens with zero attached hydrogens (tertiary/aromatic N) is 1. The number of hydrogen-bond donors (Lipinski definition) is 1. The third-order valence-electron chi connectivity index (χ3n) is 2.89. The van der Waals surface area contributed by atoms with E-state index >= 15 is 0 Å². The molecule has 0 aliphatic rings. The molecule has 1 aromatic heterocycles. The minimum absolute atomic E-state index is 0.282. The van der Waals surface area contributed by atoms with Gasteiger partial charge in [-0.2, -0.15) is 0 Å². The van der Waals surface area contributed by atoms with E-state index in [9.17, 15) is 9.90 Å². The van der Waals surface area contributed by atoms with Crippen LogP contribution in [0.25, 0.3) is 0 Å².